The predicted octanol–water partition coefficient (Wildman–Crippen LogP) is 3.94. The molecule has 0 saturated carbocycles. The molecule has 0 saturated heterocycles. The van der Waals surface area contributed by atoms with Crippen molar-refractivity contribution < 1.29 is 19.1 Å². The molecule has 0 bridgehead atoms. The van der Waals surface area contributed by atoms with Crippen LogP contribution in [0.5, 0.6) is 0 Å². The topological polar surface area (TPSA) is 110 Å². The van der Waals surface area contributed by atoms with Gasteiger partial charge in [-0.3, -0.25) is 19.8 Å². The minimum atomic E-state index is -1.06. The second-order valence-electron chi connectivity index (χ2n) is 6.26. The van der Waals surface area contributed by atoms with Crippen molar-refractivity contribution in [3.8, 4) is 0 Å². The molecule has 156 valence electrons. The van der Waals surface area contributed by atoms with Crippen molar-refractivity contribution >= 4 is 56.3 Å². The molecule has 0 spiro atoms. The van der Waals surface area contributed by atoms with Gasteiger partial charge >= 0.3 is 11.9 Å². The minimum absolute atomic E-state index is 0.211. The molecule has 0 amide bonds. The molecule has 0 unspecified atom stereocenters. The Hall–Kier alpha value is -2.95. The van der Waals surface area contributed by atoms with E-state index in [1.54, 1.807) is 38.2 Å². The molecule has 2 N–H and O–H groups in total. The zero-order valence-electron chi connectivity index (χ0n) is 16.5. The zero-order valence-corrected chi connectivity index (χ0v) is 18.7. The number of esters is 2. The number of aromatic nitrogens is 4. The molecule has 0 fully saturated rings. The van der Waals surface area contributed by atoms with Gasteiger partial charge in [-0.25, -0.2) is 0 Å². The van der Waals surface area contributed by atoms with Crippen molar-refractivity contribution in [2.45, 2.75) is 19.8 Å². The number of carbonyl (C=O) groups excluding carboxylic acids is 2. The van der Waals surface area contributed by atoms with Gasteiger partial charge in [-0.1, -0.05) is 6.07 Å². The first-order valence-corrected chi connectivity index (χ1v) is 10.5. The van der Waals surface area contributed by atoms with E-state index < -0.39 is 17.9 Å². The van der Waals surface area contributed by atoms with Crippen LogP contribution in [0.1, 0.15) is 25.3 Å². The Labute approximate surface area is 186 Å². The second kappa shape index (κ2) is 10.2. The zero-order chi connectivity index (χ0) is 21.5. The van der Waals surface area contributed by atoms with Crippen LogP contribution in [0.25, 0.3) is 21.8 Å². The minimum Gasteiger partial charge on any atom is -0.465 e. The lowest BCUT2D eigenvalue weighted by Crippen LogP contribution is -2.26. The number of carbonyl (C=O) groups is 2. The van der Waals surface area contributed by atoms with Gasteiger partial charge in [0.1, 0.15) is 0 Å². The molecule has 2 aromatic carbocycles. The summed E-state index contributed by atoms with van der Waals surface area (Å²) in [5.41, 5.74) is 2.47. The number of nitrogens with zero attached hydrogens (tertiary/aromatic N) is 2. The molecular weight excluding hydrogens is 499 g/mol. The maximum atomic E-state index is 12.0. The Bertz CT molecular complexity index is 1140. The summed E-state index contributed by atoms with van der Waals surface area (Å²) in [6, 6.07) is 11.4. The van der Waals surface area contributed by atoms with E-state index in [-0.39, 0.29) is 13.2 Å². The maximum Gasteiger partial charge on any atom is 0.324 e. The van der Waals surface area contributed by atoms with Gasteiger partial charge in [0.15, 0.2) is 5.92 Å². The molecule has 8 nitrogen and oxygen atoms in total. The highest BCUT2D eigenvalue weighted by atomic mass is 127. The molecule has 0 aliphatic carbocycles. The molecule has 0 aliphatic rings. The van der Waals surface area contributed by atoms with Gasteiger partial charge in [0, 0.05) is 14.3 Å². The number of H-pyrrole nitrogens is 2. The van der Waals surface area contributed by atoms with Gasteiger partial charge in [-0.05, 0) is 72.3 Å². The van der Waals surface area contributed by atoms with Gasteiger partial charge in [-0.15, -0.1) is 0 Å². The Balaban J connectivity index is 0.000000212. The molecule has 9 heteroatoms. The molecule has 2 aromatic heterocycles. The van der Waals surface area contributed by atoms with Crippen molar-refractivity contribution in [3.63, 3.8) is 0 Å². The van der Waals surface area contributed by atoms with Crippen LogP contribution in [-0.4, -0.2) is 45.5 Å². The first kappa shape index (κ1) is 21.8. The van der Waals surface area contributed by atoms with E-state index in [9.17, 15) is 9.59 Å². The molecule has 0 atom stereocenters. The van der Waals surface area contributed by atoms with Crippen LogP contribution in [0.4, 0.5) is 0 Å². The van der Waals surface area contributed by atoms with Gasteiger partial charge < -0.3 is 9.47 Å². The summed E-state index contributed by atoms with van der Waals surface area (Å²) in [5.74, 6) is -2.27. The largest absolute Gasteiger partial charge is 0.465 e. The molecular formula is C21H21IN4O4. The number of fused-ring (bicyclic) bond motifs is 2. The van der Waals surface area contributed by atoms with Crippen molar-refractivity contribution in [1.29, 1.82) is 0 Å². The average molecular weight is 520 g/mol. The summed E-state index contributed by atoms with van der Waals surface area (Å²) in [6.07, 6.45) is 3.46. The molecule has 0 radical (unpaired) electrons. The van der Waals surface area contributed by atoms with Crippen LogP contribution in [0, 0.1) is 3.57 Å². The van der Waals surface area contributed by atoms with E-state index >= 15 is 0 Å². The summed E-state index contributed by atoms with van der Waals surface area (Å²) in [5, 5.41) is 15.5. The van der Waals surface area contributed by atoms with Crippen molar-refractivity contribution in [1.82, 2.24) is 20.4 Å². The highest BCUT2D eigenvalue weighted by Gasteiger charge is 2.31. The lowest BCUT2D eigenvalue weighted by atomic mass is 9.98. The third-order valence-corrected chi connectivity index (χ3v) is 4.92. The van der Waals surface area contributed by atoms with Crippen LogP contribution in [0.15, 0.2) is 48.8 Å². The Morgan fingerprint density at radius 1 is 0.900 bits per heavy atom. The number of rotatable bonds is 5. The van der Waals surface area contributed by atoms with Gasteiger partial charge in [0.05, 0.1) is 36.6 Å². The van der Waals surface area contributed by atoms with Crippen molar-refractivity contribution in [3.05, 3.63) is 57.9 Å². The smallest absolute Gasteiger partial charge is 0.324 e. The fraction of sp³-hybridized carbons (Fsp3) is 0.238. The van der Waals surface area contributed by atoms with Gasteiger partial charge in [0.25, 0.3) is 0 Å². The SMILES string of the molecule is CCOC(=O)C(C(=O)OCC)c1ccc2[nH]ncc2c1.Ic1ccc2[nH]ncc2c1. The van der Waals surface area contributed by atoms with Crippen LogP contribution in [-0.2, 0) is 19.1 Å². The van der Waals surface area contributed by atoms with Crippen LogP contribution >= 0.6 is 22.6 Å². The standard InChI is InChI=1S/C14H16N2O4.C7H5IN2/c1-3-19-13(17)12(14(18)20-4-2)9-5-6-11-10(7-9)8-15-16-11;8-6-1-2-7-5(3-6)4-9-10-7/h5-8,12H,3-4H2,1-2H3,(H,15,16);1-4H,(H,9,10). The van der Waals surface area contributed by atoms with Crippen molar-refractivity contribution in [2.24, 2.45) is 0 Å². The van der Waals surface area contributed by atoms with Gasteiger partial charge in [-0.2, -0.15) is 10.2 Å². The Kier molecular flexibility index (Phi) is 7.39. The summed E-state index contributed by atoms with van der Waals surface area (Å²) in [7, 11) is 0. The average Bonchev–Trinajstić information content (AvgIpc) is 3.37. The van der Waals surface area contributed by atoms with Crippen LogP contribution < -0.4 is 0 Å². The quantitative estimate of drug-likeness (QED) is 0.235. The monoisotopic (exact) mass is 520 g/mol. The van der Waals surface area contributed by atoms with E-state index in [0.717, 1.165) is 16.4 Å². The normalized spacial score (nSPS) is 10.7. The van der Waals surface area contributed by atoms with Crippen LogP contribution in [0.3, 0.4) is 0 Å². The highest BCUT2D eigenvalue weighted by molar-refractivity contribution is 14.1. The highest BCUT2D eigenvalue weighted by Crippen LogP contribution is 2.23. The predicted molar refractivity (Wildman–Crippen MR) is 121 cm³/mol. The summed E-state index contributed by atoms with van der Waals surface area (Å²) >= 11 is 2.28. The van der Waals surface area contributed by atoms with E-state index in [0.29, 0.717) is 5.56 Å². The molecule has 30 heavy (non-hydrogen) atoms. The lowest BCUT2D eigenvalue weighted by Gasteiger charge is -2.14. The molecule has 4 rings (SSSR count). The van der Waals surface area contributed by atoms with Gasteiger partial charge in [0.2, 0.25) is 0 Å². The first-order chi connectivity index (χ1) is 14.5. The fourth-order valence-electron chi connectivity index (χ4n) is 2.87. The van der Waals surface area contributed by atoms with E-state index in [4.69, 9.17) is 9.47 Å². The summed E-state index contributed by atoms with van der Waals surface area (Å²) < 4.78 is 11.2. The number of ether oxygens (including phenoxy) is 2. The number of aromatic amines is 2. The van der Waals surface area contributed by atoms with E-state index in [1.807, 2.05) is 12.3 Å². The Morgan fingerprint density at radius 2 is 1.43 bits per heavy atom. The third-order valence-electron chi connectivity index (χ3n) is 4.24. The number of benzene rings is 2. The Morgan fingerprint density at radius 3 is 2.00 bits per heavy atom. The number of hydrogen-bond acceptors (Lipinski definition) is 6. The lowest BCUT2D eigenvalue weighted by molar-refractivity contribution is -0.156. The third kappa shape index (κ3) is 5.15. The molecule has 4 aromatic rings. The van der Waals surface area contributed by atoms with Crippen LogP contribution in [0.2, 0.25) is 0 Å². The second-order valence-corrected chi connectivity index (χ2v) is 7.50. The fourth-order valence-corrected chi connectivity index (χ4v) is 3.39. The summed E-state index contributed by atoms with van der Waals surface area (Å²) in [4.78, 5) is 24.0. The van der Waals surface area contributed by atoms with Crippen molar-refractivity contribution in [2.75, 3.05) is 13.2 Å². The number of halogens is 1. The summed E-state index contributed by atoms with van der Waals surface area (Å²) in [6.45, 7) is 3.81. The van der Waals surface area contributed by atoms with E-state index in [2.05, 4.69) is 55.1 Å². The molecule has 2 heterocycles. The number of hydrogen-bond donors (Lipinski definition) is 2. The maximum absolute atomic E-state index is 12.0. The van der Waals surface area contributed by atoms with E-state index in [1.165, 1.54) is 8.96 Å². The first-order valence-electron chi connectivity index (χ1n) is 9.38. The molecule has 0 aliphatic heterocycles. The number of nitrogens with one attached hydrogen (secondary N) is 2.